The summed E-state index contributed by atoms with van der Waals surface area (Å²) in [6.45, 7) is 0. The lowest BCUT2D eigenvalue weighted by atomic mass is 10.2. The summed E-state index contributed by atoms with van der Waals surface area (Å²) in [5.41, 5.74) is 0.779. The lowest BCUT2D eigenvalue weighted by Crippen LogP contribution is -1.78. The molecule has 68 valence electrons. The number of hydrogen-bond donors (Lipinski definition) is 0. The van der Waals surface area contributed by atoms with Crippen molar-refractivity contribution in [1.29, 1.82) is 5.26 Å². The summed E-state index contributed by atoms with van der Waals surface area (Å²) in [5, 5.41) is 15.8. The number of halogens is 1. The molecule has 2 rings (SSSR count). The van der Waals surface area contributed by atoms with Crippen molar-refractivity contribution in [3.63, 3.8) is 0 Å². The molecular weight excluding hydrogens is 246 g/mol. The highest BCUT2D eigenvalue weighted by Gasteiger charge is 2.09. The Morgan fingerprint density at radius 3 is 2.71 bits per heavy atom. The van der Waals surface area contributed by atoms with E-state index in [0.29, 0.717) is 5.89 Å². The maximum atomic E-state index is 8.51. The molecular formula is C9H4BrN3O. The van der Waals surface area contributed by atoms with E-state index in [1.54, 1.807) is 6.07 Å². The fourth-order valence-corrected chi connectivity index (χ4v) is 1.47. The van der Waals surface area contributed by atoms with E-state index >= 15 is 0 Å². The summed E-state index contributed by atoms with van der Waals surface area (Å²) < 4.78 is 5.94. The molecule has 0 bridgehead atoms. The second-order valence-corrected chi connectivity index (χ2v) is 3.36. The number of aromatic nitrogens is 2. The minimum absolute atomic E-state index is 0.0317. The lowest BCUT2D eigenvalue weighted by Gasteiger charge is -1.96. The molecule has 1 aromatic carbocycles. The van der Waals surface area contributed by atoms with Gasteiger partial charge in [-0.1, -0.05) is 17.2 Å². The molecule has 0 spiro atoms. The zero-order valence-corrected chi connectivity index (χ0v) is 8.52. The quantitative estimate of drug-likeness (QED) is 0.779. The van der Waals surface area contributed by atoms with Crippen LogP contribution in [-0.4, -0.2) is 10.2 Å². The molecule has 0 saturated carbocycles. The molecule has 0 amide bonds. The molecule has 5 heteroatoms. The predicted molar refractivity (Wildman–Crippen MR) is 52.1 cm³/mol. The Morgan fingerprint density at radius 2 is 2.07 bits per heavy atom. The van der Waals surface area contributed by atoms with Gasteiger partial charge in [-0.3, -0.25) is 0 Å². The molecule has 0 aliphatic carbocycles. The smallest absolute Gasteiger partial charge is 0.321 e. The molecule has 1 heterocycles. The van der Waals surface area contributed by atoms with Crippen molar-refractivity contribution < 1.29 is 4.42 Å². The number of nitriles is 1. The summed E-state index contributed by atoms with van der Waals surface area (Å²) in [7, 11) is 0. The molecule has 0 fully saturated rings. The van der Waals surface area contributed by atoms with Crippen LogP contribution in [0.15, 0.2) is 33.2 Å². The van der Waals surface area contributed by atoms with Gasteiger partial charge in [0.05, 0.1) is 5.56 Å². The van der Waals surface area contributed by atoms with Crippen molar-refractivity contribution >= 4 is 15.9 Å². The van der Waals surface area contributed by atoms with Gasteiger partial charge < -0.3 is 4.42 Å². The van der Waals surface area contributed by atoms with Gasteiger partial charge in [-0.2, -0.15) is 5.26 Å². The van der Waals surface area contributed by atoms with E-state index < -0.39 is 0 Å². The second-order valence-electron chi connectivity index (χ2n) is 2.50. The van der Waals surface area contributed by atoms with Crippen molar-refractivity contribution in [2.75, 3.05) is 0 Å². The van der Waals surface area contributed by atoms with Crippen molar-refractivity contribution in [2.24, 2.45) is 0 Å². The standard InChI is InChI=1S/C9H4BrN3O/c10-7-4-2-1-3-6(7)9-13-12-8(5-11)14-9/h1-4H. The lowest BCUT2D eigenvalue weighted by molar-refractivity contribution is 0.552. The van der Waals surface area contributed by atoms with Crippen LogP contribution >= 0.6 is 15.9 Å². The van der Waals surface area contributed by atoms with Gasteiger partial charge in [-0.15, -0.1) is 5.10 Å². The maximum Gasteiger partial charge on any atom is 0.321 e. The van der Waals surface area contributed by atoms with Crippen LogP contribution in [0.5, 0.6) is 0 Å². The summed E-state index contributed by atoms with van der Waals surface area (Å²) in [6, 6.07) is 9.22. The van der Waals surface area contributed by atoms with Crippen molar-refractivity contribution in [3.8, 4) is 17.5 Å². The molecule has 14 heavy (non-hydrogen) atoms. The first-order chi connectivity index (χ1) is 6.81. The minimum Gasteiger partial charge on any atom is -0.408 e. The average molecular weight is 250 g/mol. The van der Waals surface area contributed by atoms with Gasteiger partial charge in [0.2, 0.25) is 5.89 Å². The predicted octanol–water partition coefficient (Wildman–Crippen LogP) is 2.37. The van der Waals surface area contributed by atoms with Gasteiger partial charge in [0.15, 0.2) is 6.07 Å². The first-order valence-electron chi connectivity index (χ1n) is 3.80. The number of hydrogen-bond acceptors (Lipinski definition) is 4. The first kappa shape index (κ1) is 8.91. The number of benzene rings is 1. The monoisotopic (exact) mass is 249 g/mol. The largest absolute Gasteiger partial charge is 0.408 e. The second kappa shape index (κ2) is 3.60. The Kier molecular flexibility index (Phi) is 2.29. The van der Waals surface area contributed by atoms with Gasteiger partial charge >= 0.3 is 5.89 Å². The van der Waals surface area contributed by atoms with E-state index in [-0.39, 0.29) is 5.89 Å². The van der Waals surface area contributed by atoms with E-state index in [1.807, 2.05) is 24.3 Å². The van der Waals surface area contributed by atoms with Gasteiger partial charge in [-0.25, -0.2) is 0 Å². The van der Waals surface area contributed by atoms with Gasteiger partial charge in [0.25, 0.3) is 0 Å². The van der Waals surface area contributed by atoms with Crippen LogP contribution in [0.3, 0.4) is 0 Å². The van der Waals surface area contributed by atoms with Gasteiger partial charge in [0.1, 0.15) is 0 Å². The third kappa shape index (κ3) is 1.52. The highest BCUT2D eigenvalue weighted by atomic mass is 79.9. The summed E-state index contributed by atoms with van der Waals surface area (Å²) in [6.07, 6.45) is 0. The van der Waals surface area contributed by atoms with E-state index in [0.717, 1.165) is 10.0 Å². The topological polar surface area (TPSA) is 62.7 Å². The molecule has 0 N–H and O–H groups in total. The highest BCUT2D eigenvalue weighted by molar-refractivity contribution is 9.10. The summed E-state index contributed by atoms with van der Waals surface area (Å²) >= 11 is 3.35. The van der Waals surface area contributed by atoms with Gasteiger partial charge in [-0.05, 0) is 28.1 Å². The minimum atomic E-state index is -0.0317. The number of nitrogens with zero attached hydrogens (tertiary/aromatic N) is 3. The molecule has 2 aromatic rings. The Hall–Kier alpha value is -1.67. The van der Waals surface area contributed by atoms with Crippen LogP contribution in [-0.2, 0) is 0 Å². The average Bonchev–Trinajstić information content (AvgIpc) is 2.67. The molecule has 0 aliphatic rings. The van der Waals surface area contributed by atoms with Crippen molar-refractivity contribution in [2.45, 2.75) is 0 Å². The Bertz CT molecular complexity index is 501. The van der Waals surface area contributed by atoms with E-state index in [9.17, 15) is 0 Å². The fourth-order valence-electron chi connectivity index (χ4n) is 1.01. The van der Waals surface area contributed by atoms with Crippen LogP contribution < -0.4 is 0 Å². The fraction of sp³-hybridized carbons (Fsp3) is 0. The Labute approximate surface area is 88.3 Å². The molecule has 4 nitrogen and oxygen atoms in total. The summed E-state index contributed by atoms with van der Waals surface area (Å²) in [4.78, 5) is 0. The van der Waals surface area contributed by atoms with E-state index in [2.05, 4.69) is 26.1 Å². The van der Waals surface area contributed by atoms with Crippen LogP contribution in [0, 0.1) is 11.3 Å². The molecule has 0 unspecified atom stereocenters. The molecule has 0 radical (unpaired) electrons. The SMILES string of the molecule is N#Cc1nnc(-c2ccccc2Br)o1. The zero-order chi connectivity index (χ0) is 9.97. The Balaban J connectivity index is 2.51. The third-order valence-electron chi connectivity index (χ3n) is 1.62. The zero-order valence-electron chi connectivity index (χ0n) is 6.94. The molecule has 1 aromatic heterocycles. The normalized spacial score (nSPS) is 9.71. The van der Waals surface area contributed by atoms with Gasteiger partial charge in [0, 0.05) is 4.47 Å². The molecule has 0 atom stereocenters. The highest BCUT2D eigenvalue weighted by Crippen LogP contribution is 2.26. The van der Waals surface area contributed by atoms with Crippen LogP contribution in [0.1, 0.15) is 5.89 Å². The van der Waals surface area contributed by atoms with E-state index in [1.165, 1.54) is 0 Å². The molecule has 0 aliphatic heterocycles. The Morgan fingerprint density at radius 1 is 1.29 bits per heavy atom. The third-order valence-corrected chi connectivity index (χ3v) is 2.32. The first-order valence-corrected chi connectivity index (χ1v) is 4.59. The summed E-state index contributed by atoms with van der Waals surface area (Å²) in [5.74, 6) is 0.310. The van der Waals surface area contributed by atoms with Crippen LogP contribution in [0.4, 0.5) is 0 Å². The van der Waals surface area contributed by atoms with E-state index in [4.69, 9.17) is 9.68 Å². The maximum absolute atomic E-state index is 8.51. The number of rotatable bonds is 1. The molecule has 0 saturated heterocycles. The van der Waals surface area contributed by atoms with Crippen molar-refractivity contribution in [1.82, 2.24) is 10.2 Å². The van der Waals surface area contributed by atoms with Crippen LogP contribution in [0.2, 0.25) is 0 Å². The van der Waals surface area contributed by atoms with Crippen LogP contribution in [0.25, 0.3) is 11.5 Å². The van der Waals surface area contributed by atoms with Crippen molar-refractivity contribution in [3.05, 3.63) is 34.6 Å².